The summed E-state index contributed by atoms with van der Waals surface area (Å²) in [5, 5.41) is 0.0666. The second-order valence-corrected chi connectivity index (χ2v) is 4.87. The molecule has 0 saturated heterocycles. The largest absolute Gasteiger partial charge is 0.363 e. The van der Waals surface area contributed by atoms with Gasteiger partial charge in [0.2, 0.25) is 5.78 Å². The molecule has 0 aliphatic carbocycles. The summed E-state index contributed by atoms with van der Waals surface area (Å²) in [6, 6.07) is 11.8. The second-order valence-electron chi connectivity index (χ2n) is 4.46. The van der Waals surface area contributed by atoms with Gasteiger partial charge in [-0.1, -0.05) is 41.9 Å². The van der Waals surface area contributed by atoms with Crippen LogP contribution in [0.25, 0.3) is 11.1 Å². The molecule has 0 fully saturated rings. The van der Waals surface area contributed by atoms with Gasteiger partial charge in [0, 0.05) is 6.42 Å². The van der Waals surface area contributed by atoms with Crippen molar-refractivity contribution in [1.29, 1.82) is 0 Å². The summed E-state index contributed by atoms with van der Waals surface area (Å²) in [5.74, 6) is -2.13. The zero-order valence-electron chi connectivity index (χ0n) is 11.0. The molecule has 107 valence electrons. The minimum absolute atomic E-state index is 0.0666. The Labute approximate surface area is 126 Å². The maximum absolute atomic E-state index is 13.1. The van der Waals surface area contributed by atoms with Gasteiger partial charge in [0.1, 0.15) is 5.82 Å². The van der Waals surface area contributed by atoms with Crippen LogP contribution in [0.15, 0.2) is 42.5 Å². The molecule has 21 heavy (non-hydrogen) atoms. The number of halogens is 2. The SMILES string of the molecule is NC(=O)C(=O)[CH]Cc1ccc(-c2ccc(F)c(Cl)c2)cc1. The van der Waals surface area contributed by atoms with Gasteiger partial charge in [-0.3, -0.25) is 9.59 Å². The average molecular weight is 305 g/mol. The zero-order valence-corrected chi connectivity index (χ0v) is 11.7. The van der Waals surface area contributed by atoms with Crippen LogP contribution in [-0.4, -0.2) is 11.7 Å². The van der Waals surface area contributed by atoms with E-state index in [9.17, 15) is 14.0 Å². The molecule has 0 heterocycles. The summed E-state index contributed by atoms with van der Waals surface area (Å²) in [6.07, 6.45) is 1.57. The van der Waals surface area contributed by atoms with Crippen LogP contribution < -0.4 is 5.73 Å². The van der Waals surface area contributed by atoms with E-state index in [1.165, 1.54) is 12.5 Å². The van der Waals surface area contributed by atoms with E-state index in [2.05, 4.69) is 0 Å². The normalized spacial score (nSPS) is 10.4. The quantitative estimate of drug-likeness (QED) is 0.863. The summed E-state index contributed by atoms with van der Waals surface area (Å²) in [4.78, 5) is 21.7. The molecule has 1 radical (unpaired) electrons. The van der Waals surface area contributed by atoms with Crippen LogP contribution in [0.5, 0.6) is 0 Å². The molecule has 2 aromatic carbocycles. The second kappa shape index (κ2) is 6.50. The number of nitrogens with two attached hydrogens (primary N) is 1. The molecule has 0 saturated carbocycles. The lowest BCUT2D eigenvalue weighted by Crippen LogP contribution is -2.23. The summed E-state index contributed by atoms with van der Waals surface area (Å²) < 4.78 is 13.1. The van der Waals surface area contributed by atoms with Crippen LogP contribution in [0.1, 0.15) is 5.56 Å². The molecule has 5 heteroatoms. The molecular formula is C16H12ClFNO2. The Balaban J connectivity index is 2.09. The van der Waals surface area contributed by atoms with E-state index < -0.39 is 17.5 Å². The highest BCUT2D eigenvalue weighted by Crippen LogP contribution is 2.25. The van der Waals surface area contributed by atoms with Crippen molar-refractivity contribution < 1.29 is 14.0 Å². The monoisotopic (exact) mass is 304 g/mol. The summed E-state index contributed by atoms with van der Waals surface area (Å²) in [5.41, 5.74) is 7.40. The molecule has 3 nitrogen and oxygen atoms in total. The molecular weight excluding hydrogens is 293 g/mol. The molecule has 2 aromatic rings. The number of benzene rings is 2. The summed E-state index contributed by atoms with van der Waals surface area (Å²) >= 11 is 5.75. The van der Waals surface area contributed by atoms with Gasteiger partial charge >= 0.3 is 0 Å². The fourth-order valence-corrected chi connectivity index (χ4v) is 2.00. The lowest BCUT2D eigenvalue weighted by molar-refractivity contribution is -0.134. The summed E-state index contributed by atoms with van der Waals surface area (Å²) in [6.45, 7) is 0. The van der Waals surface area contributed by atoms with E-state index >= 15 is 0 Å². The number of primary amides is 1. The van der Waals surface area contributed by atoms with E-state index in [4.69, 9.17) is 17.3 Å². The minimum atomic E-state index is -0.965. The molecule has 0 spiro atoms. The lowest BCUT2D eigenvalue weighted by Gasteiger charge is -2.05. The number of hydrogen-bond acceptors (Lipinski definition) is 2. The van der Waals surface area contributed by atoms with Crippen LogP contribution in [0, 0.1) is 12.2 Å². The van der Waals surface area contributed by atoms with Crippen LogP contribution in [-0.2, 0) is 16.0 Å². The van der Waals surface area contributed by atoms with Gasteiger partial charge in [-0.2, -0.15) is 0 Å². The average Bonchev–Trinajstić information content (AvgIpc) is 2.48. The van der Waals surface area contributed by atoms with Crippen molar-refractivity contribution in [2.45, 2.75) is 6.42 Å². The highest BCUT2D eigenvalue weighted by atomic mass is 35.5. The smallest absolute Gasteiger partial charge is 0.285 e. The minimum Gasteiger partial charge on any atom is -0.363 e. The van der Waals surface area contributed by atoms with Crippen LogP contribution >= 0.6 is 11.6 Å². The van der Waals surface area contributed by atoms with Gasteiger partial charge in [-0.15, -0.1) is 0 Å². The number of hydrogen-bond donors (Lipinski definition) is 1. The number of ketones is 1. The van der Waals surface area contributed by atoms with Crippen molar-refractivity contribution in [2.75, 3.05) is 0 Å². The molecule has 1 amide bonds. The van der Waals surface area contributed by atoms with E-state index in [1.54, 1.807) is 12.1 Å². The number of rotatable bonds is 5. The van der Waals surface area contributed by atoms with Crippen molar-refractivity contribution in [3.8, 4) is 11.1 Å². The molecule has 2 N–H and O–H groups in total. The van der Waals surface area contributed by atoms with E-state index in [-0.39, 0.29) is 5.02 Å². The Hall–Kier alpha value is -2.20. The fraction of sp³-hybridized carbons (Fsp3) is 0.0625. The number of amides is 1. The standard InChI is InChI=1S/C16H12ClFNO2/c17-13-9-12(6-7-14(13)18)11-4-1-10(2-5-11)3-8-15(20)16(19)21/h1-2,4-9H,3H2,(H2,19,21). The first-order chi connectivity index (χ1) is 9.97. The van der Waals surface area contributed by atoms with Crippen LogP contribution in [0.4, 0.5) is 4.39 Å². The molecule has 2 rings (SSSR count). The maximum atomic E-state index is 13.1. The van der Waals surface area contributed by atoms with Gasteiger partial charge in [0.15, 0.2) is 0 Å². The van der Waals surface area contributed by atoms with Crippen molar-refractivity contribution in [3.05, 3.63) is 65.3 Å². The number of carbonyl (C=O) groups excluding carboxylic acids is 2. The number of carbonyl (C=O) groups is 2. The van der Waals surface area contributed by atoms with Crippen molar-refractivity contribution in [1.82, 2.24) is 0 Å². The van der Waals surface area contributed by atoms with E-state index in [0.29, 0.717) is 6.42 Å². The van der Waals surface area contributed by atoms with Crippen molar-refractivity contribution >= 4 is 23.3 Å². The molecule has 0 aliphatic rings. The van der Waals surface area contributed by atoms with Crippen LogP contribution in [0.3, 0.4) is 0 Å². The fourth-order valence-electron chi connectivity index (χ4n) is 1.82. The Morgan fingerprint density at radius 2 is 1.71 bits per heavy atom. The first-order valence-electron chi connectivity index (χ1n) is 6.18. The molecule has 0 bridgehead atoms. The van der Waals surface area contributed by atoms with Gasteiger partial charge in [-0.25, -0.2) is 4.39 Å². The molecule has 0 aromatic heterocycles. The molecule has 0 aliphatic heterocycles. The highest BCUT2D eigenvalue weighted by Gasteiger charge is 2.09. The first-order valence-corrected chi connectivity index (χ1v) is 6.56. The third-order valence-corrected chi connectivity index (χ3v) is 3.26. The topological polar surface area (TPSA) is 60.2 Å². The predicted molar refractivity (Wildman–Crippen MR) is 79.1 cm³/mol. The third-order valence-electron chi connectivity index (χ3n) is 2.97. The Morgan fingerprint density at radius 3 is 2.29 bits per heavy atom. The van der Waals surface area contributed by atoms with Gasteiger partial charge in [-0.05, 0) is 35.2 Å². The van der Waals surface area contributed by atoms with E-state index in [1.807, 2.05) is 24.3 Å². The van der Waals surface area contributed by atoms with Crippen LogP contribution in [0.2, 0.25) is 5.02 Å². The predicted octanol–water partition coefficient (Wildman–Crippen LogP) is 2.95. The van der Waals surface area contributed by atoms with Gasteiger partial charge in [0.05, 0.1) is 5.02 Å². The third kappa shape index (κ3) is 3.89. The van der Waals surface area contributed by atoms with Crippen molar-refractivity contribution in [3.63, 3.8) is 0 Å². The van der Waals surface area contributed by atoms with Gasteiger partial charge < -0.3 is 5.73 Å². The Kier molecular flexibility index (Phi) is 4.70. The molecule has 0 atom stereocenters. The van der Waals surface area contributed by atoms with Crippen molar-refractivity contribution in [2.24, 2.45) is 5.73 Å². The lowest BCUT2D eigenvalue weighted by atomic mass is 10.0. The Bertz CT molecular complexity index is 683. The maximum Gasteiger partial charge on any atom is 0.285 e. The van der Waals surface area contributed by atoms with Gasteiger partial charge in [0.25, 0.3) is 5.91 Å². The summed E-state index contributed by atoms with van der Waals surface area (Å²) in [7, 11) is 0. The first kappa shape index (κ1) is 15.2. The zero-order chi connectivity index (χ0) is 15.4. The van der Waals surface area contributed by atoms with E-state index in [0.717, 1.165) is 16.7 Å². The highest BCUT2D eigenvalue weighted by molar-refractivity contribution is 6.38. The Morgan fingerprint density at radius 1 is 1.10 bits per heavy atom. The number of Topliss-reactive ketones (excluding diaryl/α,β-unsaturated/α-hetero) is 1. The molecule has 0 unspecified atom stereocenters.